The van der Waals surface area contributed by atoms with Crippen LogP contribution in [0.5, 0.6) is 0 Å². The summed E-state index contributed by atoms with van der Waals surface area (Å²) in [7, 11) is -2.33. The van der Waals surface area contributed by atoms with Gasteiger partial charge in [-0.05, 0) is 81.3 Å². The summed E-state index contributed by atoms with van der Waals surface area (Å²) in [5.74, 6) is -2.32. The van der Waals surface area contributed by atoms with Crippen molar-refractivity contribution in [1.29, 1.82) is 0 Å². The first kappa shape index (κ1) is 42.7. The second-order valence-electron chi connectivity index (χ2n) is 15.9. The number of alkyl halides is 5. The summed E-state index contributed by atoms with van der Waals surface area (Å²) in [6, 6.07) is 7.48. The van der Waals surface area contributed by atoms with Crippen molar-refractivity contribution in [1.82, 2.24) is 39.4 Å². The van der Waals surface area contributed by atoms with Crippen LogP contribution in [-0.2, 0) is 52.5 Å². The number of halogens is 8. The number of benzene rings is 2. The molecular formula is C41H35ClF7N9O3S. The first-order chi connectivity index (χ1) is 28.9. The number of pyridine rings is 1. The summed E-state index contributed by atoms with van der Waals surface area (Å²) < 4.78 is 133. The van der Waals surface area contributed by atoms with Crippen LogP contribution < -0.4 is 10.0 Å². The van der Waals surface area contributed by atoms with Crippen LogP contribution in [0.1, 0.15) is 72.0 Å². The van der Waals surface area contributed by atoms with Crippen molar-refractivity contribution in [2.24, 2.45) is 13.0 Å². The second-order valence-corrected chi connectivity index (χ2v) is 18.0. The number of nitrogens with one attached hydrogen (secondary N) is 2. The predicted octanol–water partition coefficient (Wildman–Crippen LogP) is 7.75. The highest BCUT2D eigenvalue weighted by Gasteiger charge is 2.68. The number of hydrogen-bond acceptors (Lipinski definition) is 7. The molecule has 0 unspecified atom stereocenters. The molecule has 0 spiro atoms. The van der Waals surface area contributed by atoms with Gasteiger partial charge in [0.1, 0.15) is 40.9 Å². The van der Waals surface area contributed by atoms with E-state index in [0.29, 0.717) is 22.1 Å². The van der Waals surface area contributed by atoms with Gasteiger partial charge < -0.3 is 9.88 Å². The Morgan fingerprint density at radius 3 is 2.40 bits per heavy atom. The zero-order chi connectivity index (χ0) is 44.8. The van der Waals surface area contributed by atoms with E-state index in [2.05, 4.69) is 37.1 Å². The number of aromatic nitrogens is 7. The molecule has 62 heavy (non-hydrogen) atoms. The number of carbonyl (C=O) groups is 1. The van der Waals surface area contributed by atoms with Crippen LogP contribution in [0.25, 0.3) is 22.0 Å². The second kappa shape index (κ2) is 14.9. The van der Waals surface area contributed by atoms with Crippen molar-refractivity contribution in [2.45, 2.75) is 69.8 Å². The number of fused-ring (bicyclic) bond motifs is 4. The minimum atomic E-state index is -5.08. The molecule has 0 saturated heterocycles. The quantitative estimate of drug-likeness (QED) is 0.106. The van der Waals surface area contributed by atoms with Gasteiger partial charge in [0.15, 0.2) is 11.5 Å². The maximum atomic E-state index is 15.5. The Morgan fingerprint density at radius 1 is 1.06 bits per heavy atom. The molecule has 0 radical (unpaired) electrons. The van der Waals surface area contributed by atoms with Gasteiger partial charge >= 0.3 is 6.18 Å². The zero-order valence-corrected chi connectivity index (χ0v) is 34.9. The molecule has 0 aliphatic heterocycles. The molecule has 2 aliphatic rings. The van der Waals surface area contributed by atoms with Crippen LogP contribution in [0.4, 0.5) is 36.6 Å². The van der Waals surface area contributed by atoms with E-state index in [-0.39, 0.29) is 57.1 Å². The Kier molecular flexibility index (Phi) is 10.2. The van der Waals surface area contributed by atoms with Gasteiger partial charge in [-0.3, -0.25) is 18.9 Å². The fourth-order valence-corrected chi connectivity index (χ4v) is 9.01. The third kappa shape index (κ3) is 7.87. The Morgan fingerprint density at radius 2 is 1.76 bits per heavy atom. The summed E-state index contributed by atoms with van der Waals surface area (Å²) in [6.45, 7) is 4.39. The number of aryl methyl sites for hydroxylation is 2. The Labute approximate surface area is 354 Å². The minimum Gasteiger partial charge on any atom is -0.346 e. The Balaban J connectivity index is 1.29. The molecule has 4 heterocycles. The van der Waals surface area contributed by atoms with Crippen molar-refractivity contribution in [3.05, 3.63) is 111 Å². The Bertz CT molecular complexity index is 2980. The SMILES string of the molecule is Cc1nccn1C(C)(C)C#Cc1ccc(-c2ccc(Cl)c3c(NS(C)(=O)=O)nn(C)c23)c([C@H](Cc2cc(F)cc(F)c2)NC(=O)Cn2nc(C(F)(F)F)c3c2C(F)(F)[C@@H]2C[C@H]32)n1. The third-order valence-electron chi connectivity index (χ3n) is 10.9. The highest BCUT2D eigenvalue weighted by molar-refractivity contribution is 7.92. The van der Waals surface area contributed by atoms with E-state index < -0.39 is 86.6 Å². The molecule has 21 heteroatoms. The number of nitrogens with zero attached hydrogens (tertiary/aromatic N) is 7. The molecule has 6 aromatic rings. The van der Waals surface area contributed by atoms with Crippen molar-refractivity contribution >= 4 is 44.3 Å². The summed E-state index contributed by atoms with van der Waals surface area (Å²) in [5.41, 5.74) is -2.89. The smallest absolute Gasteiger partial charge is 0.346 e. The lowest BCUT2D eigenvalue weighted by molar-refractivity contribution is -0.142. The van der Waals surface area contributed by atoms with Crippen LogP contribution in [-0.4, -0.2) is 54.7 Å². The number of carbonyl (C=O) groups excluding carboxylic acids is 1. The van der Waals surface area contributed by atoms with Crippen LogP contribution in [0.15, 0.2) is 54.9 Å². The molecule has 324 valence electrons. The maximum Gasteiger partial charge on any atom is 0.435 e. The van der Waals surface area contributed by atoms with Gasteiger partial charge in [-0.15, -0.1) is 0 Å². The molecule has 2 aliphatic carbocycles. The number of rotatable bonds is 10. The monoisotopic (exact) mass is 901 g/mol. The normalized spacial score (nSPS) is 17.3. The average Bonchev–Trinajstić information content (AvgIpc) is 3.36. The lowest BCUT2D eigenvalue weighted by atomic mass is 9.93. The van der Waals surface area contributed by atoms with E-state index in [1.165, 1.54) is 17.8 Å². The van der Waals surface area contributed by atoms with E-state index in [1.807, 2.05) is 18.4 Å². The van der Waals surface area contributed by atoms with Crippen LogP contribution in [0, 0.1) is 36.3 Å². The van der Waals surface area contributed by atoms with Gasteiger partial charge in [0.05, 0.1) is 33.9 Å². The van der Waals surface area contributed by atoms with Crippen LogP contribution in [0.3, 0.4) is 0 Å². The molecule has 1 fully saturated rings. The van der Waals surface area contributed by atoms with E-state index in [4.69, 9.17) is 16.6 Å². The number of sulfonamides is 1. The van der Waals surface area contributed by atoms with Gasteiger partial charge in [0.2, 0.25) is 15.9 Å². The molecule has 0 bridgehead atoms. The van der Waals surface area contributed by atoms with Crippen molar-refractivity contribution in [3.8, 4) is 23.0 Å². The number of hydrogen-bond donors (Lipinski definition) is 2. The molecule has 3 atom stereocenters. The summed E-state index contributed by atoms with van der Waals surface area (Å²) in [5, 5.41) is 10.8. The lowest BCUT2D eigenvalue weighted by Crippen LogP contribution is -2.35. The fourth-order valence-electron chi connectivity index (χ4n) is 8.28. The molecule has 4 aromatic heterocycles. The third-order valence-corrected chi connectivity index (χ3v) is 11.8. The first-order valence-corrected chi connectivity index (χ1v) is 21.2. The van der Waals surface area contributed by atoms with Gasteiger partial charge in [-0.1, -0.05) is 23.6 Å². The standard InChI is InChI=1S/C41H35ClF7N9O3S/c1-20-50-12-13-57(20)39(2,3)11-10-24-6-7-25(26-8-9-29(42)33-35(26)56(4)54-38(33)55-62(5,60)61)34(51-24)30(16-21-14-22(43)17-23(44)15-21)52-31(59)19-58-37-32(36(53-58)41(47,48)49)27-18-28(27)40(37,45)46/h6-9,12-15,17,27-28,30H,16,18-19H2,1-5H3,(H,52,59)(H,54,55)/t27-,28+,30-/m0/s1. The largest absolute Gasteiger partial charge is 0.435 e. The molecule has 2 aromatic carbocycles. The molecule has 1 amide bonds. The topological polar surface area (TPSA) is 142 Å². The number of imidazole rings is 1. The van der Waals surface area contributed by atoms with Crippen LogP contribution in [0.2, 0.25) is 5.02 Å². The highest BCUT2D eigenvalue weighted by Crippen LogP contribution is 2.68. The molecule has 8 rings (SSSR count). The van der Waals surface area contributed by atoms with E-state index >= 15 is 8.78 Å². The Hall–Kier alpha value is -5.94. The highest BCUT2D eigenvalue weighted by atomic mass is 35.5. The minimum absolute atomic E-state index is 0.0149. The van der Waals surface area contributed by atoms with Gasteiger partial charge in [0, 0.05) is 48.1 Å². The van der Waals surface area contributed by atoms with E-state index in [1.54, 1.807) is 37.5 Å². The number of anilines is 1. The van der Waals surface area contributed by atoms with Gasteiger partial charge in [0.25, 0.3) is 5.92 Å². The molecular weight excluding hydrogens is 867 g/mol. The van der Waals surface area contributed by atoms with E-state index in [9.17, 15) is 35.2 Å². The molecule has 1 saturated carbocycles. The number of amides is 1. The average molecular weight is 902 g/mol. The zero-order valence-electron chi connectivity index (χ0n) is 33.3. The van der Waals surface area contributed by atoms with E-state index in [0.717, 1.165) is 18.4 Å². The fraction of sp³-hybridized carbons (Fsp3) is 0.341. The predicted molar refractivity (Wildman–Crippen MR) is 214 cm³/mol. The summed E-state index contributed by atoms with van der Waals surface area (Å²) in [4.78, 5) is 23.2. The van der Waals surface area contributed by atoms with Crippen molar-refractivity contribution in [3.63, 3.8) is 0 Å². The molecule has 12 nitrogen and oxygen atoms in total. The van der Waals surface area contributed by atoms with Crippen molar-refractivity contribution in [2.75, 3.05) is 11.0 Å². The van der Waals surface area contributed by atoms with Gasteiger partial charge in [-0.25, -0.2) is 27.2 Å². The first-order valence-electron chi connectivity index (χ1n) is 18.9. The van der Waals surface area contributed by atoms with Gasteiger partial charge in [-0.2, -0.15) is 32.1 Å². The summed E-state index contributed by atoms with van der Waals surface area (Å²) >= 11 is 6.62. The van der Waals surface area contributed by atoms with Crippen LogP contribution >= 0.6 is 11.6 Å². The maximum absolute atomic E-state index is 15.5. The van der Waals surface area contributed by atoms with Crippen molar-refractivity contribution < 1.29 is 43.9 Å². The molecule has 2 N–H and O–H groups in total. The summed E-state index contributed by atoms with van der Waals surface area (Å²) in [6.07, 6.45) is -1.34. The lowest BCUT2D eigenvalue weighted by Gasteiger charge is -2.23.